The summed E-state index contributed by atoms with van der Waals surface area (Å²) >= 11 is 0. The van der Waals surface area contributed by atoms with Gasteiger partial charge >= 0.3 is 0 Å². The zero-order valence-corrected chi connectivity index (χ0v) is 17.6. The van der Waals surface area contributed by atoms with Gasteiger partial charge < -0.3 is 19.6 Å². The van der Waals surface area contributed by atoms with E-state index < -0.39 is 0 Å². The van der Waals surface area contributed by atoms with E-state index in [-0.39, 0.29) is 17.9 Å². The van der Waals surface area contributed by atoms with Crippen molar-refractivity contribution < 1.29 is 14.6 Å². The number of aliphatic hydroxyl groups is 1. The molecule has 2 saturated heterocycles. The normalized spacial score (nSPS) is 18.4. The molecule has 0 aliphatic carbocycles. The summed E-state index contributed by atoms with van der Waals surface area (Å²) in [6, 6.07) is 17.8. The summed E-state index contributed by atoms with van der Waals surface area (Å²) in [5.74, 6) is 0.973. The van der Waals surface area contributed by atoms with Gasteiger partial charge in [-0.1, -0.05) is 30.3 Å². The third kappa shape index (κ3) is 4.62. The minimum absolute atomic E-state index is 0.115. The lowest BCUT2D eigenvalue weighted by atomic mass is 9.76. The van der Waals surface area contributed by atoms with Crippen molar-refractivity contribution in [3.63, 3.8) is 0 Å². The summed E-state index contributed by atoms with van der Waals surface area (Å²) in [5, 5.41) is 10.1. The largest absolute Gasteiger partial charge is 0.494 e. The summed E-state index contributed by atoms with van der Waals surface area (Å²) in [5.41, 5.74) is 1.71. The molecule has 5 heteroatoms. The highest BCUT2D eigenvalue weighted by Gasteiger charge is 2.36. The van der Waals surface area contributed by atoms with Gasteiger partial charge in [0.2, 0.25) is 0 Å². The number of rotatable bonds is 7. The number of carbonyl (C=O) groups excluding carboxylic acids is 1. The van der Waals surface area contributed by atoms with E-state index in [1.165, 1.54) is 12.8 Å². The fourth-order valence-corrected chi connectivity index (χ4v) is 4.63. The fraction of sp³-hybridized carbons (Fsp3) is 0.480. The van der Waals surface area contributed by atoms with E-state index >= 15 is 0 Å². The maximum absolute atomic E-state index is 13.3. The number of para-hydroxylation sites is 2. The molecule has 2 aliphatic rings. The third-order valence-electron chi connectivity index (χ3n) is 6.67. The number of benzene rings is 2. The van der Waals surface area contributed by atoms with Crippen molar-refractivity contribution in [3.05, 3.63) is 60.2 Å². The van der Waals surface area contributed by atoms with Crippen molar-refractivity contribution in [1.29, 1.82) is 0 Å². The van der Waals surface area contributed by atoms with Gasteiger partial charge in [-0.25, -0.2) is 0 Å². The Morgan fingerprint density at radius 2 is 1.60 bits per heavy atom. The minimum atomic E-state index is -0.167. The number of aliphatic hydroxyl groups excluding tert-OH is 1. The average Bonchev–Trinajstić information content (AvgIpc) is 3.35. The molecule has 1 amide bonds. The number of anilines is 1. The van der Waals surface area contributed by atoms with E-state index in [1.54, 1.807) is 0 Å². The first kappa shape index (κ1) is 20.7. The zero-order valence-electron chi connectivity index (χ0n) is 17.6. The highest BCUT2D eigenvalue weighted by Crippen LogP contribution is 2.36. The summed E-state index contributed by atoms with van der Waals surface area (Å²) in [7, 11) is 0. The lowest BCUT2D eigenvalue weighted by Crippen LogP contribution is -2.45. The molecule has 2 fully saturated rings. The maximum Gasteiger partial charge on any atom is 0.255 e. The second kappa shape index (κ2) is 9.52. The van der Waals surface area contributed by atoms with Crippen LogP contribution in [0.5, 0.6) is 5.75 Å². The second-order valence-corrected chi connectivity index (χ2v) is 8.57. The van der Waals surface area contributed by atoms with Gasteiger partial charge in [0.25, 0.3) is 5.91 Å². The standard InChI is InChI=1S/C25H32N2O3/c28-20-25(14-19-30-21-8-2-1-3-9-21)12-17-27(18-13-25)24(29)22-10-4-5-11-23(22)26-15-6-7-16-26/h1-5,8-11,28H,6-7,12-20H2. The van der Waals surface area contributed by atoms with Gasteiger partial charge in [0, 0.05) is 43.9 Å². The first-order chi connectivity index (χ1) is 14.7. The van der Waals surface area contributed by atoms with Gasteiger partial charge in [-0.2, -0.15) is 0 Å². The average molecular weight is 409 g/mol. The van der Waals surface area contributed by atoms with Crippen LogP contribution in [0.3, 0.4) is 0 Å². The molecule has 30 heavy (non-hydrogen) atoms. The number of nitrogens with zero attached hydrogens (tertiary/aromatic N) is 2. The highest BCUT2D eigenvalue weighted by atomic mass is 16.5. The predicted octanol–water partition coefficient (Wildman–Crippen LogP) is 3.97. The number of ether oxygens (including phenoxy) is 1. The number of likely N-dealkylation sites (tertiary alicyclic amines) is 1. The molecule has 5 nitrogen and oxygen atoms in total. The lowest BCUT2D eigenvalue weighted by Gasteiger charge is -2.41. The maximum atomic E-state index is 13.3. The van der Waals surface area contributed by atoms with E-state index in [0.717, 1.165) is 49.4 Å². The molecule has 0 atom stereocenters. The van der Waals surface area contributed by atoms with E-state index in [0.29, 0.717) is 19.7 Å². The van der Waals surface area contributed by atoms with Gasteiger partial charge in [0.1, 0.15) is 5.75 Å². The van der Waals surface area contributed by atoms with Crippen LogP contribution in [0.25, 0.3) is 0 Å². The Kier molecular flexibility index (Phi) is 6.58. The quantitative estimate of drug-likeness (QED) is 0.753. The molecule has 0 aromatic heterocycles. The molecule has 4 rings (SSSR count). The molecule has 0 bridgehead atoms. The van der Waals surface area contributed by atoms with Crippen molar-refractivity contribution in [2.45, 2.75) is 32.1 Å². The van der Waals surface area contributed by atoms with Crippen molar-refractivity contribution in [2.24, 2.45) is 5.41 Å². The van der Waals surface area contributed by atoms with Gasteiger partial charge in [0.05, 0.1) is 12.2 Å². The number of carbonyl (C=O) groups is 1. The molecular formula is C25H32N2O3. The van der Waals surface area contributed by atoms with Crippen LogP contribution in [0.15, 0.2) is 54.6 Å². The molecule has 2 aromatic carbocycles. The summed E-state index contributed by atoms with van der Waals surface area (Å²) in [6.45, 7) is 4.13. The smallest absolute Gasteiger partial charge is 0.255 e. The van der Waals surface area contributed by atoms with Gasteiger partial charge in [-0.15, -0.1) is 0 Å². The van der Waals surface area contributed by atoms with E-state index in [1.807, 2.05) is 53.4 Å². The van der Waals surface area contributed by atoms with Gasteiger partial charge in [-0.3, -0.25) is 4.79 Å². The van der Waals surface area contributed by atoms with Crippen molar-refractivity contribution in [3.8, 4) is 5.75 Å². The van der Waals surface area contributed by atoms with Crippen LogP contribution in [0, 0.1) is 5.41 Å². The molecule has 160 valence electrons. The molecule has 0 unspecified atom stereocenters. The van der Waals surface area contributed by atoms with Crippen molar-refractivity contribution >= 4 is 11.6 Å². The molecule has 0 spiro atoms. The molecule has 1 N–H and O–H groups in total. The zero-order chi connectivity index (χ0) is 20.8. The Morgan fingerprint density at radius 3 is 2.30 bits per heavy atom. The third-order valence-corrected chi connectivity index (χ3v) is 6.67. The van der Waals surface area contributed by atoms with Gasteiger partial charge in [-0.05, 0) is 56.4 Å². The topological polar surface area (TPSA) is 53.0 Å². The van der Waals surface area contributed by atoms with Gasteiger partial charge in [0.15, 0.2) is 0 Å². The second-order valence-electron chi connectivity index (χ2n) is 8.57. The monoisotopic (exact) mass is 408 g/mol. The van der Waals surface area contributed by atoms with E-state index in [9.17, 15) is 9.90 Å². The lowest BCUT2D eigenvalue weighted by molar-refractivity contribution is 0.0242. The first-order valence-corrected chi connectivity index (χ1v) is 11.1. The van der Waals surface area contributed by atoms with Crippen LogP contribution in [0.4, 0.5) is 5.69 Å². The Morgan fingerprint density at radius 1 is 0.933 bits per heavy atom. The summed E-state index contributed by atoms with van der Waals surface area (Å²) in [4.78, 5) is 17.6. The number of amides is 1. The molecule has 0 radical (unpaired) electrons. The van der Waals surface area contributed by atoms with Crippen LogP contribution < -0.4 is 9.64 Å². The number of hydrogen-bond donors (Lipinski definition) is 1. The van der Waals surface area contributed by atoms with E-state index in [4.69, 9.17) is 4.74 Å². The predicted molar refractivity (Wildman–Crippen MR) is 119 cm³/mol. The summed E-state index contributed by atoms with van der Waals surface area (Å²) < 4.78 is 5.85. The molecule has 2 aliphatic heterocycles. The van der Waals surface area contributed by atoms with Crippen LogP contribution in [0.1, 0.15) is 42.5 Å². The molecule has 2 heterocycles. The Labute approximate surface area is 179 Å². The van der Waals surface area contributed by atoms with E-state index in [2.05, 4.69) is 11.0 Å². The Hall–Kier alpha value is -2.53. The fourth-order valence-electron chi connectivity index (χ4n) is 4.63. The Bertz CT molecular complexity index is 825. The van der Waals surface area contributed by atoms with Crippen LogP contribution in [0.2, 0.25) is 0 Å². The number of hydrogen-bond acceptors (Lipinski definition) is 4. The van der Waals surface area contributed by atoms with Crippen LogP contribution in [-0.4, -0.2) is 55.3 Å². The summed E-state index contributed by atoms with van der Waals surface area (Å²) in [6.07, 6.45) is 4.79. The first-order valence-electron chi connectivity index (χ1n) is 11.1. The van der Waals surface area contributed by atoms with Crippen LogP contribution >= 0.6 is 0 Å². The van der Waals surface area contributed by atoms with Crippen molar-refractivity contribution in [1.82, 2.24) is 4.90 Å². The van der Waals surface area contributed by atoms with Crippen molar-refractivity contribution in [2.75, 3.05) is 44.3 Å². The molecule has 0 saturated carbocycles. The molecular weight excluding hydrogens is 376 g/mol. The van der Waals surface area contributed by atoms with Crippen LogP contribution in [-0.2, 0) is 0 Å². The minimum Gasteiger partial charge on any atom is -0.494 e. The Balaban J connectivity index is 1.36. The molecule has 2 aromatic rings. The number of piperidine rings is 1. The SMILES string of the molecule is O=C(c1ccccc1N1CCCC1)N1CCC(CO)(CCOc2ccccc2)CC1. The highest BCUT2D eigenvalue weighted by molar-refractivity contribution is 6.00.